The molecule has 1 aromatic heterocycles. The minimum absolute atomic E-state index is 0.493. The lowest BCUT2D eigenvalue weighted by molar-refractivity contribution is 1.13. The summed E-state index contributed by atoms with van der Waals surface area (Å²) in [6.07, 6.45) is 0. The minimum atomic E-state index is 0.493. The van der Waals surface area contributed by atoms with Gasteiger partial charge in [0.05, 0.1) is 5.52 Å². The van der Waals surface area contributed by atoms with Gasteiger partial charge in [-0.15, -0.1) is 0 Å². The molecule has 0 bridgehead atoms. The van der Waals surface area contributed by atoms with Crippen molar-refractivity contribution in [3.63, 3.8) is 0 Å². The van der Waals surface area contributed by atoms with Gasteiger partial charge in [-0.3, -0.25) is 5.10 Å². The molecule has 0 fully saturated rings. The Bertz CT molecular complexity index is 390. The van der Waals surface area contributed by atoms with Crippen LogP contribution in [0.4, 0.5) is 11.5 Å². The highest BCUT2D eigenvalue weighted by Gasteiger charge is 2.00. The molecule has 0 unspecified atom stereocenters. The third-order valence-electron chi connectivity index (χ3n) is 1.62. The van der Waals surface area contributed by atoms with E-state index in [2.05, 4.69) is 10.2 Å². The van der Waals surface area contributed by atoms with Gasteiger partial charge in [-0.2, -0.15) is 5.10 Å². The van der Waals surface area contributed by atoms with Crippen LogP contribution >= 0.6 is 0 Å². The van der Waals surface area contributed by atoms with Crippen molar-refractivity contribution in [3.05, 3.63) is 18.2 Å². The van der Waals surface area contributed by atoms with E-state index in [1.54, 1.807) is 12.1 Å². The Hall–Kier alpha value is -1.71. The Morgan fingerprint density at radius 3 is 2.91 bits per heavy atom. The number of anilines is 2. The Morgan fingerprint density at radius 1 is 1.27 bits per heavy atom. The number of nitrogens with one attached hydrogen (secondary N) is 1. The number of nitrogens with two attached hydrogens (primary N) is 2. The monoisotopic (exact) mass is 148 g/mol. The number of hydrogen-bond acceptors (Lipinski definition) is 3. The van der Waals surface area contributed by atoms with Gasteiger partial charge < -0.3 is 11.5 Å². The molecule has 0 amide bonds. The third kappa shape index (κ3) is 0.797. The molecule has 56 valence electrons. The Balaban J connectivity index is 2.87. The fraction of sp³-hybridized carbons (Fsp3) is 0. The molecule has 0 aliphatic carbocycles. The van der Waals surface area contributed by atoms with Crippen molar-refractivity contribution in [3.8, 4) is 0 Å². The number of aromatic nitrogens is 2. The summed E-state index contributed by atoms with van der Waals surface area (Å²) in [5.74, 6) is 0.493. The maximum absolute atomic E-state index is 5.55. The van der Waals surface area contributed by atoms with Crippen molar-refractivity contribution in [2.45, 2.75) is 0 Å². The zero-order valence-corrected chi connectivity index (χ0v) is 5.83. The van der Waals surface area contributed by atoms with Gasteiger partial charge in [0.15, 0.2) is 5.82 Å². The average molecular weight is 148 g/mol. The molecule has 1 aromatic carbocycles. The van der Waals surface area contributed by atoms with E-state index in [1.807, 2.05) is 6.07 Å². The first kappa shape index (κ1) is 6.03. The molecule has 0 aliphatic heterocycles. The number of H-pyrrole nitrogens is 1. The summed E-state index contributed by atoms with van der Waals surface area (Å²) in [7, 11) is 0. The van der Waals surface area contributed by atoms with Crippen molar-refractivity contribution in [1.29, 1.82) is 0 Å². The van der Waals surface area contributed by atoms with Crippen LogP contribution < -0.4 is 11.5 Å². The van der Waals surface area contributed by atoms with Gasteiger partial charge >= 0.3 is 0 Å². The first-order valence-corrected chi connectivity index (χ1v) is 3.26. The maximum atomic E-state index is 5.55. The van der Waals surface area contributed by atoms with Crippen molar-refractivity contribution in [2.75, 3.05) is 11.5 Å². The predicted octanol–water partition coefficient (Wildman–Crippen LogP) is 0.727. The summed E-state index contributed by atoms with van der Waals surface area (Å²) in [5, 5.41) is 7.50. The van der Waals surface area contributed by atoms with Crippen LogP contribution in [-0.4, -0.2) is 10.2 Å². The zero-order chi connectivity index (χ0) is 7.84. The molecule has 0 aliphatic rings. The van der Waals surface area contributed by atoms with Gasteiger partial charge in [0.2, 0.25) is 0 Å². The van der Waals surface area contributed by atoms with Crippen LogP contribution in [0.15, 0.2) is 18.2 Å². The van der Waals surface area contributed by atoms with Crippen LogP contribution in [0.1, 0.15) is 0 Å². The Labute approximate surface area is 63.2 Å². The van der Waals surface area contributed by atoms with Crippen molar-refractivity contribution < 1.29 is 0 Å². The van der Waals surface area contributed by atoms with E-state index in [-0.39, 0.29) is 0 Å². The quantitative estimate of drug-likeness (QED) is 0.482. The molecular formula is C7H8N4. The predicted molar refractivity (Wildman–Crippen MR) is 44.9 cm³/mol. The lowest BCUT2D eigenvalue weighted by atomic mass is 10.2. The standard InChI is InChI=1S/C7H8N4/c8-4-1-2-6-5(3-4)7(9)11-10-6/h1-3H,8H2,(H3,9,10,11). The molecule has 4 heteroatoms. The second-order valence-electron chi connectivity index (χ2n) is 2.41. The largest absolute Gasteiger partial charge is 0.399 e. The molecule has 0 spiro atoms. The SMILES string of the molecule is Nc1ccc2[nH]nc(N)c2c1. The van der Waals surface area contributed by atoms with Crippen LogP contribution in [0.25, 0.3) is 10.9 Å². The fourth-order valence-electron chi connectivity index (χ4n) is 1.05. The second kappa shape index (κ2) is 1.88. The topological polar surface area (TPSA) is 80.7 Å². The molecule has 5 N–H and O–H groups in total. The van der Waals surface area contributed by atoms with Crippen LogP contribution in [0.3, 0.4) is 0 Å². The maximum Gasteiger partial charge on any atom is 0.153 e. The van der Waals surface area contributed by atoms with Gasteiger partial charge in [0.25, 0.3) is 0 Å². The van der Waals surface area contributed by atoms with Gasteiger partial charge in [-0.05, 0) is 18.2 Å². The molecule has 0 atom stereocenters. The number of rotatable bonds is 0. The van der Waals surface area contributed by atoms with Crippen LogP contribution in [0.5, 0.6) is 0 Å². The van der Waals surface area contributed by atoms with E-state index in [1.165, 1.54) is 0 Å². The molecule has 1 heterocycles. The molecule has 2 rings (SSSR count). The summed E-state index contributed by atoms with van der Waals surface area (Å²) in [6, 6.07) is 5.46. The Kier molecular flexibility index (Phi) is 1.03. The van der Waals surface area contributed by atoms with E-state index in [0.29, 0.717) is 11.5 Å². The third-order valence-corrected chi connectivity index (χ3v) is 1.62. The first-order chi connectivity index (χ1) is 5.27. The van der Waals surface area contributed by atoms with E-state index < -0.39 is 0 Å². The molecular weight excluding hydrogens is 140 g/mol. The molecule has 2 aromatic rings. The molecule has 0 radical (unpaired) electrons. The molecule has 11 heavy (non-hydrogen) atoms. The van der Waals surface area contributed by atoms with E-state index >= 15 is 0 Å². The summed E-state index contributed by atoms with van der Waals surface area (Å²) in [5.41, 5.74) is 12.7. The number of nitrogen functional groups attached to an aromatic ring is 2. The van der Waals surface area contributed by atoms with Gasteiger partial charge in [0, 0.05) is 11.1 Å². The van der Waals surface area contributed by atoms with E-state index in [4.69, 9.17) is 11.5 Å². The molecule has 4 nitrogen and oxygen atoms in total. The fourth-order valence-corrected chi connectivity index (χ4v) is 1.05. The minimum Gasteiger partial charge on any atom is -0.399 e. The lowest BCUT2D eigenvalue weighted by Crippen LogP contribution is -1.86. The van der Waals surface area contributed by atoms with Gasteiger partial charge in [-0.1, -0.05) is 0 Å². The lowest BCUT2D eigenvalue weighted by Gasteiger charge is -1.91. The van der Waals surface area contributed by atoms with Crippen molar-refractivity contribution in [2.24, 2.45) is 0 Å². The number of benzene rings is 1. The van der Waals surface area contributed by atoms with Crippen LogP contribution in [0, 0.1) is 0 Å². The first-order valence-electron chi connectivity index (χ1n) is 3.26. The number of aromatic amines is 1. The number of fused-ring (bicyclic) bond motifs is 1. The van der Waals surface area contributed by atoms with E-state index in [9.17, 15) is 0 Å². The van der Waals surface area contributed by atoms with Crippen LogP contribution in [0.2, 0.25) is 0 Å². The summed E-state index contributed by atoms with van der Waals surface area (Å²) >= 11 is 0. The van der Waals surface area contributed by atoms with Crippen LogP contribution in [-0.2, 0) is 0 Å². The highest BCUT2D eigenvalue weighted by atomic mass is 15.1. The summed E-state index contributed by atoms with van der Waals surface area (Å²) in [6.45, 7) is 0. The smallest absolute Gasteiger partial charge is 0.153 e. The molecule has 0 saturated heterocycles. The summed E-state index contributed by atoms with van der Waals surface area (Å²) < 4.78 is 0. The van der Waals surface area contributed by atoms with Crippen molar-refractivity contribution >= 4 is 22.4 Å². The van der Waals surface area contributed by atoms with Crippen molar-refractivity contribution in [1.82, 2.24) is 10.2 Å². The highest BCUT2D eigenvalue weighted by Crippen LogP contribution is 2.19. The second-order valence-corrected chi connectivity index (χ2v) is 2.41. The zero-order valence-electron chi connectivity index (χ0n) is 5.83. The molecule has 0 saturated carbocycles. The van der Waals surface area contributed by atoms with E-state index in [0.717, 1.165) is 10.9 Å². The Morgan fingerprint density at radius 2 is 2.09 bits per heavy atom. The average Bonchev–Trinajstić information content (AvgIpc) is 2.33. The van der Waals surface area contributed by atoms with Gasteiger partial charge in [-0.25, -0.2) is 0 Å². The highest BCUT2D eigenvalue weighted by molar-refractivity contribution is 5.90. The normalized spacial score (nSPS) is 10.5. The number of hydrogen-bond donors (Lipinski definition) is 3. The number of nitrogens with zero attached hydrogens (tertiary/aromatic N) is 1. The van der Waals surface area contributed by atoms with Gasteiger partial charge in [0.1, 0.15) is 0 Å². The summed E-state index contributed by atoms with van der Waals surface area (Å²) in [4.78, 5) is 0.